The second-order valence-corrected chi connectivity index (χ2v) is 4.35. The van der Waals surface area contributed by atoms with Gasteiger partial charge in [-0.25, -0.2) is 13.8 Å². The predicted octanol–water partition coefficient (Wildman–Crippen LogP) is 1.39. The number of benzene rings is 1. The lowest BCUT2D eigenvalue weighted by atomic mass is 10.2. The van der Waals surface area contributed by atoms with E-state index in [4.69, 9.17) is 0 Å². The second-order valence-electron chi connectivity index (χ2n) is 4.35. The van der Waals surface area contributed by atoms with Gasteiger partial charge < -0.3 is 4.84 Å². The number of pyridine rings is 1. The molecule has 1 amide bonds. The first-order valence-corrected chi connectivity index (χ1v) is 6.42. The first-order chi connectivity index (χ1) is 11.4. The van der Waals surface area contributed by atoms with Gasteiger partial charge >= 0.3 is 12.5 Å². The molecular formula is C14H10F3N3O4. The molecule has 0 fully saturated rings. The number of nitrogens with zero attached hydrogens (tertiary/aromatic N) is 1. The van der Waals surface area contributed by atoms with Gasteiger partial charge in [-0.3, -0.25) is 15.0 Å². The van der Waals surface area contributed by atoms with Crippen molar-refractivity contribution in [3.63, 3.8) is 0 Å². The molecule has 24 heavy (non-hydrogen) atoms. The lowest BCUT2D eigenvalue weighted by molar-refractivity contribution is 0.00762. The Kier molecular flexibility index (Phi) is 5.32. The van der Waals surface area contributed by atoms with Crippen LogP contribution in [0.3, 0.4) is 0 Å². The molecule has 2 aromatic rings. The first kappa shape index (κ1) is 17.2. The van der Waals surface area contributed by atoms with E-state index in [2.05, 4.69) is 4.84 Å². The van der Waals surface area contributed by atoms with Crippen LogP contribution in [0.4, 0.5) is 13.2 Å². The van der Waals surface area contributed by atoms with E-state index in [0.717, 1.165) is 30.3 Å². The Morgan fingerprint density at radius 1 is 1.08 bits per heavy atom. The smallest absolute Gasteiger partial charge is 0.345 e. The number of carbonyl (C=O) groups is 2. The van der Waals surface area contributed by atoms with E-state index in [1.165, 1.54) is 12.1 Å². The Morgan fingerprint density at radius 2 is 1.75 bits per heavy atom. The van der Waals surface area contributed by atoms with E-state index >= 15 is 0 Å². The largest absolute Gasteiger partial charge is 0.375 e. The van der Waals surface area contributed by atoms with Crippen LogP contribution in [0.25, 0.3) is 0 Å². The summed E-state index contributed by atoms with van der Waals surface area (Å²) in [5.41, 5.74) is 2.00. The van der Waals surface area contributed by atoms with Crippen molar-refractivity contribution in [2.45, 2.75) is 6.55 Å². The molecule has 1 aromatic heterocycles. The minimum absolute atomic E-state index is 0.0594. The van der Waals surface area contributed by atoms with Gasteiger partial charge in [0.15, 0.2) is 0 Å². The quantitative estimate of drug-likeness (QED) is 0.802. The molecule has 126 valence electrons. The van der Waals surface area contributed by atoms with Crippen LogP contribution in [0, 0.1) is 5.82 Å². The van der Waals surface area contributed by atoms with Crippen molar-refractivity contribution in [3.05, 3.63) is 69.9 Å². The summed E-state index contributed by atoms with van der Waals surface area (Å²) >= 11 is 0. The molecule has 0 aliphatic rings. The molecule has 0 saturated carbocycles. The zero-order valence-electron chi connectivity index (χ0n) is 11.8. The minimum atomic E-state index is -3.24. The van der Waals surface area contributed by atoms with Crippen LogP contribution in [0.5, 0.6) is 0 Å². The Morgan fingerprint density at radius 3 is 2.38 bits per heavy atom. The van der Waals surface area contributed by atoms with Crippen molar-refractivity contribution in [1.82, 2.24) is 15.6 Å². The number of amides is 1. The van der Waals surface area contributed by atoms with Crippen molar-refractivity contribution < 1.29 is 27.6 Å². The lowest BCUT2D eigenvalue weighted by Crippen LogP contribution is -2.40. The number of aromatic nitrogens is 1. The summed E-state index contributed by atoms with van der Waals surface area (Å²) < 4.78 is 38.2. The third kappa shape index (κ3) is 3.98. The van der Waals surface area contributed by atoms with Crippen molar-refractivity contribution in [2.24, 2.45) is 0 Å². The first-order valence-electron chi connectivity index (χ1n) is 6.42. The van der Waals surface area contributed by atoms with Crippen LogP contribution in [0.1, 0.15) is 27.4 Å². The molecule has 0 atom stereocenters. The fourth-order valence-corrected chi connectivity index (χ4v) is 1.71. The summed E-state index contributed by atoms with van der Waals surface area (Å²) in [7, 11) is 0. The highest BCUT2D eigenvalue weighted by atomic mass is 19.3. The van der Waals surface area contributed by atoms with E-state index < -0.39 is 35.5 Å². The summed E-state index contributed by atoms with van der Waals surface area (Å²) in [5, 5.41) is 0. The third-order valence-electron chi connectivity index (χ3n) is 2.81. The lowest BCUT2D eigenvalue weighted by Gasteiger charge is -2.11. The summed E-state index contributed by atoms with van der Waals surface area (Å²) in [6.45, 7) is -3.24. The van der Waals surface area contributed by atoms with Crippen LogP contribution in [-0.4, -0.2) is 16.4 Å². The molecule has 1 aromatic carbocycles. The number of alkyl halides is 2. The van der Waals surface area contributed by atoms with E-state index in [0.29, 0.717) is 0 Å². The number of hydrogen-bond acceptors (Lipinski definition) is 5. The molecule has 2 N–H and O–H groups in total. The summed E-state index contributed by atoms with van der Waals surface area (Å²) in [6.07, 6.45) is 0. The normalized spacial score (nSPS) is 10.5. The number of hydrogen-bond donors (Lipinski definition) is 2. The molecular weight excluding hydrogens is 331 g/mol. The van der Waals surface area contributed by atoms with Gasteiger partial charge in [0, 0.05) is 11.6 Å². The molecule has 10 heteroatoms. The molecule has 0 unspecified atom stereocenters. The van der Waals surface area contributed by atoms with Gasteiger partial charge in [-0.2, -0.15) is 8.78 Å². The van der Waals surface area contributed by atoms with Crippen LogP contribution >= 0.6 is 0 Å². The van der Waals surface area contributed by atoms with Crippen LogP contribution in [0.15, 0.2) is 47.3 Å². The van der Waals surface area contributed by atoms with Crippen molar-refractivity contribution in [1.29, 1.82) is 0 Å². The van der Waals surface area contributed by atoms with Crippen molar-refractivity contribution in [3.8, 4) is 0 Å². The highest BCUT2D eigenvalue weighted by molar-refractivity contribution is 5.94. The van der Waals surface area contributed by atoms with Gasteiger partial charge in [0.05, 0.1) is 0 Å². The fraction of sp³-hybridized carbons (Fsp3) is 0.0714. The van der Waals surface area contributed by atoms with Gasteiger partial charge in [0.25, 0.3) is 11.5 Å². The van der Waals surface area contributed by atoms with Crippen molar-refractivity contribution >= 4 is 11.9 Å². The highest BCUT2D eigenvalue weighted by Crippen LogP contribution is 2.10. The zero-order valence-corrected chi connectivity index (χ0v) is 11.8. The van der Waals surface area contributed by atoms with E-state index in [1.807, 2.05) is 5.43 Å². The SMILES string of the molecule is O=C(NNOC(=O)c1cccc(=O)n1C(F)F)c1ccc(F)cc1. The maximum Gasteiger partial charge on any atom is 0.375 e. The third-order valence-corrected chi connectivity index (χ3v) is 2.81. The zero-order chi connectivity index (χ0) is 17.7. The van der Waals surface area contributed by atoms with Gasteiger partial charge in [-0.15, -0.1) is 0 Å². The van der Waals surface area contributed by atoms with Gasteiger partial charge in [-0.05, 0) is 30.3 Å². The van der Waals surface area contributed by atoms with Crippen molar-refractivity contribution in [2.75, 3.05) is 0 Å². The second kappa shape index (κ2) is 7.42. The molecule has 7 nitrogen and oxygen atoms in total. The molecule has 0 aliphatic heterocycles. The van der Waals surface area contributed by atoms with Gasteiger partial charge in [0.2, 0.25) is 0 Å². The van der Waals surface area contributed by atoms with Gasteiger partial charge in [0.1, 0.15) is 11.5 Å². The molecule has 0 spiro atoms. The number of hydrazine groups is 1. The predicted molar refractivity (Wildman–Crippen MR) is 74.4 cm³/mol. The number of nitrogens with one attached hydrogen (secondary N) is 2. The molecule has 0 radical (unpaired) electrons. The molecule has 1 heterocycles. The van der Waals surface area contributed by atoms with Crippen LogP contribution in [0.2, 0.25) is 0 Å². The Bertz CT molecular complexity index is 806. The van der Waals surface area contributed by atoms with Crippen LogP contribution in [-0.2, 0) is 4.84 Å². The molecule has 0 bridgehead atoms. The molecule has 0 aliphatic carbocycles. The topological polar surface area (TPSA) is 89.4 Å². The Balaban J connectivity index is 1.99. The summed E-state index contributed by atoms with van der Waals surface area (Å²) in [5.74, 6) is -2.62. The van der Waals surface area contributed by atoms with E-state index in [1.54, 1.807) is 5.59 Å². The molecule has 0 saturated heterocycles. The van der Waals surface area contributed by atoms with Gasteiger partial charge in [-0.1, -0.05) is 11.7 Å². The summed E-state index contributed by atoms with van der Waals surface area (Å²) in [4.78, 5) is 39.1. The average Bonchev–Trinajstić information content (AvgIpc) is 2.54. The minimum Gasteiger partial charge on any atom is -0.345 e. The van der Waals surface area contributed by atoms with E-state index in [-0.39, 0.29) is 10.1 Å². The highest BCUT2D eigenvalue weighted by Gasteiger charge is 2.20. The number of rotatable bonds is 5. The summed E-state index contributed by atoms with van der Waals surface area (Å²) in [6, 6.07) is 7.37. The number of carbonyl (C=O) groups excluding carboxylic acids is 2. The molecule has 2 rings (SSSR count). The fourth-order valence-electron chi connectivity index (χ4n) is 1.71. The monoisotopic (exact) mass is 341 g/mol. The van der Waals surface area contributed by atoms with Crippen LogP contribution < -0.4 is 16.6 Å². The Hall–Kier alpha value is -3.14. The standard InChI is InChI=1S/C14H10F3N3O4/c15-9-6-4-8(5-7-9)12(22)18-19-24-13(23)10-2-1-3-11(21)20(10)14(16)17/h1-7,14,19H,(H,18,22). The number of halogens is 3. The Labute approximate surface area is 132 Å². The maximum atomic E-state index is 12.8. The average molecular weight is 341 g/mol. The van der Waals surface area contributed by atoms with E-state index in [9.17, 15) is 27.6 Å². The maximum absolute atomic E-state index is 12.8.